The highest BCUT2D eigenvalue weighted by Gasteiger charge is 2.31. The van der Waals surface area contributed by atoms with Crippen LogP contribution in [0.2, 0.25) is 0 Å². The van der Waals surface area contributed by atoms with Crippen molar-refractivity contribution in [2.24, 2.45) is 0 Å². The van der Waals surface area contributed by atoms with Crippen molar-refractivity contribution in [3.8, 4) is 5.82 Å². The maximum Gasteiger partial charge on any atom is 0.417 e. The largest absolute Gasteiger partial charge is 0.449 e. The Kier molecular flexibility index (Phi) is 6.80. The van der Waals surface area contributed by atoms with E-state index in [-0.39, 0.29) is 23.6 Å². The molecule has 0 saturated heterocycles. The summed E-state index contributed by atoms with van der Waals surface area (Å²) in [6.45, 7) is 3.04. The number of hydrogen-bond donors (Lipinski definition) is 0. The van der Waals surface area contributed by atoms with Gasteiger partial charge in [-0.15, -0.1) is 0 Å². The van der Waals surface area contributed by atoms with Crippen LogP contribution in [0, 0.1) is 12.7 Å². The molecule has 7 nitrogen and oxygen atoms in total. The van der Waals surface area contributed by atoms with Crippen molar-refractivity contribution in [2.45, 2.75) is 32.7 Å². The normalized spacial score (nSPS) is 12.3. The van der Waals surface area contributed by atoms with E-state index in [4.69, 9.17) is 4.74 Å². The minimum atomic E-state index is -4.52. The van der Waals surface area contributed by atoms with Crippen molar-refractivity contribution in [3.05, 3.63) is 77.0 Å². The molecule has 2 aromatic heterocycles. The van der Waals surface area contributed by atoms with Crippen LogP contribution in [-0.4, -0.2) is 44.7 Å². The van der Waals surface area contributed by atoms with E-state index < -0.39 is 35.5 Å². The highest BCUT2D eigenvalue weighted by molar-refractivity contribution is 5.93. The lowest BCUT2D eigenvalue weighted by atomic mass is 10.2. The molecule has 11 heteroatoms. The van der Waals surface area contributed by atoms with Gasteiger partial charge in [-0.25, -0.2) is 18.9 Å². The van der Waals surface area contributed by atoms with Crippen LogP contribution in [-0.2, 0) is 22.3 Å². The van der Waals surface area contributed by atoms with E-state index >= 15 is 0 Å². The van der Waals surface area contributed by atoms with Gasteiger partial charge < -0.3 is 9.64 Å². The van der Waals surface area contributed by atoms with E-state index in [0.717, 1.165) is 12.1 Å². The third-order valence-corrected chi connectivity index (χ3v) is 4.84. The Bertz CT molecular complexity index is 1160. The molecule has 33 heavy (non-hydrogen) atoms. The zero-order chi connectivity index (χ0) is 24.3. The molecule has 0 saturated carbocycles. The number of amides is 1. The first-order valence-electron chi connectivity index (χ1n) is 9.76. The van der Waals surface area contributed by atoms with E-state index in [1.807, 2.05) is 0 Å². The Morgan fingerprint density at radius 2 is 1.91 bits per heavy atom. The van der Waals surface area contributed by atoms with Crippen LogP contribution in [0.15, 0.2) is 48.8 Å². The molecule has 1 atom stereocenters. The first-order valence-corrected chi connectivity index (χ1v) is 9.76. The second-order valence-corrected chi connectivity index (χ2v) is 7.33. The number of nitrogens with zero attached hydrogens (tertiary/aromatic N) is 4. The van der Waals surface area contributed by atoms with Crippen LogP contribution >= 0.6 is 0 Å². The molecule has 0 aliphatic rings. The number of esters is 1. The Balaban J connectivity index is 1.67. The number of alkyl halides is 3. The summed E-state index contributed by atoms with van der Waals surface area (Å²) < 4.78 is 57.9. The van der Waals surface area contributed by atoms with E-state index in [9.17, 15) is 27.2 Å². The predicted octanol–water partition coefficient (Wildman–Crippen LogP) is 3.94. The highest BCUT2D eigenvalue weighted by atomic mass is 19.4. The van der Waals surface area contributed by atoms with Crippen molar-refractivity contribution < 1.29 is 31.9 Å². The van der Waals surface area contributed by atoms with Gasteiger partial charge in [0.2, 0.25) is 0 Å². The zero-order valence-electron chi connectivity index (χ0n) is 17.9. The van der Waals surface area contributed by atoms with Gasteiger partial charge in [-0.1, -0.05) is 12.1 Å². The van der Waals surface area contributed by atoms with Gasteiger partial charge in [0.15, 0.2) is 11.9 Å². The van der Waals surface area contributed by atoms with Gasteiger partial charge in [0.25, 0.3) is 5.91 Å². The number of aromatic nitrogens is 3. The number of halogens is 4. The summed E-state index contributed by atoms with van der Waals surface area (Å²) >= 11 is 0. The summed E-state index contributed by atoms with van der Waals surface area (Å²) in [7, 11) is 1.50. The molecule has 0 fully saturated rings. The summed E-state index contributed by atoms with van der Waals surface area (Å²) in [5, 5.41) is 3.99. The number of rotatable bonds is 6. The van der Waals surface area contributed by atoms with Crippen molar-refractivity contribution in [3.63, 3.8) is 0 Å². The van der Waals surface area contributed by atoms with Crippen molar-refractivity contribution in [1.82, 2.24) is 19.7 Å². The maximum absolute atomic E-state index is 13.3. The van der Waals surface area contributed by atoms with Gasteiger partial charge in [0.1, 0.15) is 11.4 Å². The topological polar surface area (TPSA) is 77.3 Å². The van der Waals surface area contributed by atoms with E-state index in [1.165, 1.54) is 54.9 Å². The van der Waals surface area contributed by atoms with Gasteiger partial charge in [-0.3, -0.25) is 4.79 Å². The van der Waals surface area contributed by atoms with Crippen LogP contribution in [0.25, 0.3) is 5.82 Å². The van der Waals surface area contributed by atoms with Gasteiger partial charge in [0, 0.05) is 19.8 Å². The fourth-order valence-corrected chi connectivity index (χ4v) is 3.09. The maximum atomic E-state index is 13.3. The molecule has 0 radical (unpaired) electrons. The van der Waals surface area contributed by atoms with Crippen LogP contribution in [0.4, 0.5) is 17.6 Å². The first kappa shape index (κ1) is 23.9. The standard InChI is InChI=1S/C22H20F4N4O3/c1-13-18(11-28-30(13)19-8-7-16(10-27-19)22(24,25)26)21(32)33-14(2)20(31)29(3)12-15-5-4-6-17(23)9-15/h4-11,14H,12H2,1-3H3. The Labute approximate surface area is 186 Å². The molecule has 0 aliphatic carbocycles. The summed E-state index contributed by atoms with van der Waals surface area (Å²) in [6.07, 6.45) is -3.80. The molecule has 0 spiro atoms. The summed E-state index contributed by atoms with van der Waals surface area (Å²) in [4.78, 5) is 30.2. The monoisotopic (exact) mass is 464 g/mol. The van der Waals surface area contributed by atoms with Crippen molar-refractivity contribution in [2.75, 3.05) is 7.05 Å². The summed E-state index contributed by atoms with van der Waals surface area (Å²) in [5.74, 6) is -1.67. The van der Waals surface area contributed by atoms with E-state index in [2.05, 4.69) is 10.1 Å². The third kappa shape index (κ3) is 5.54. The number of carbonyl (C=O) groups excluding carboxylic acids is 2. The smallest absolute Gasteiger partial charge is 0.417 e. The molecule has 0 bridgehead atoms. The predicted molar refractivity (Wildman–Crippen MR) is 109 cm³/mol. The average Bonchev–Trinajstić information content (AvgIpc) is 3.14. The number of hydrogen-bond acceptors (Lipinski definition) is 5. The summed E-state index contributed by atoms with van der Waals surface area (Å²) in [6, 6.07) is 7.77. The molecular formula is C22H20F4N4O3. The van der Waals surface area contributed by atoms with Gasteiger partial charge in [0.05, 0.1) is 17.5 Å². The number of benzene rings is 1. The number of likely N-dealkylation sites (N-methyl/N-ethyl adjacent to an activating group) is 1. The minimum Gasteiger partial charge on any atom is -0.449 e. The lowest BCUT2D eigenvalue weighted by molar-refractivity contribution is -0.139. The van der Waals surface area contributed by atoms with E-state index in [0.29, 0.717) is 11.8 Å². The number of carbonyl (C=O) groups is 2. The van der Waals surface area contributed by atoms with Crippen molar-refractivity contribution in [1.29, 1.82) is 0 Å². The molecule has 3 rings (SSSR count). The summed E-state index contributed by atoms with van der Waals surface area (Å²) in [5.41, 5.74) is -0.0277. The molecule has 0 N–H and O–H groups in total. The lowest BCUT2D eigenvalue weighted by Gasteiger charge is -2.21. The quantitative estimate of drug-likeness (QED) is 0.408. The molecule has 3 aromatic rings. The average molecular weight is 464 g/mol. The third-order valence-electron chi connectivity index (χ3n) is 4.84. The molecule has 174 valence electrons. The van der Waals surface area contributed by atoms with Gasteiger partial charge in [-0.2, -0.15) is 18.3 Å². The zero-order valence-corrected chi connectivity index (χ0v) is 17.9. The second kappa shape index (κ2) is 9.39. The Morgan fingerprint density at radius 3 is 2.52 bits per heavy atom. The fraction of sp³-hybridized carbons (Fsp3) is 0.273. The Hall–Kier alpha value is -3.76. The van der Waals surface area contributed by atoms with Crippen LogP contribution in [0.5, 0.6) is 0 Å². The van der Waals surface area contributed by atoms with E-state index in [1.54, 1.807) is 6.07 Å². The molecule has 2 heterocycles. The van der Waals surface area contributed by atoms with Gasteiger partial charge in [-0.05, 0) is 43.7 Å². The molecule has 0 aliphatic heterocycles. The highest BCUT2D eigenvalue weighted by Crippen LogP contribution is 2.29. The SMILES string of the molecule is Cc1c(C(=O)OC(C)C(=O)N(C)Cc2cccc(F)c2)cnn1-c1ccc(C(F)(F)F)cn1. The minimum absolute atomic E-state index is 0.0316. The van der Waals surface area contributed by atoms with Crippen LogP contribution in [0.3, 0.4) is 0 Å². The second-order valence-electron chi connectivity index (χ2n) is 7.33. The molecular weight excluding hydrogens is 444 g/mol. The first-order chi connectivity index (χ1) is 15.5. The number of pyridine rings is 1. The lowest BCUT2D eigenvalue weighted by Crippen LogP contribution is -2.37. The van der Waals surface area contributed by atoms with Crippen LogP contribution < -0.4 is 0 Å². The van der Waals surface area contributed by atoms with Gasteiger partial charge >= 0.3 is 12.1 Å². The van der Waals surface area contributed by atoms with Crippen LogP contribution in [0.1, 0.15) is 34.1 Å². The van der Waals surface area contributed by atoms with Crippen molar-refractivity contribution >= 4 is 11.9 Å². The molecule has 1 amide bonds. The molecule has 1 aromatic carbocycles. The Morgan fingerprint density at radius 1 is 1.18 bits per heavy atom. The molecule has 1 unspecified atom stereocenters. The number of ether oxygens (including phenoxy) is 1. The fourth-order valence-electron chi connectivity index (χ4n) is 3.09.